The largest absolute Gasteiger partial charge is 0.480 e. The second-order valence-corrected chi connectivity index (χ2v) is 2.63. The van der Waals surface area contributed by atoms with Crippen molar-refractivity contribution in [1.82, 2.24) is 9.97 Å². The molecule has 0 bridgehead atoms. The second-order valence-electron chi connectivity index (χ2n) is 2.27. The van der Waals surface area contributed by atoms with E-state index < -0.39 is 5.97 Å². The second kappa shape index (κ2) is 4.76. The maximum absolute atomic E-state index is 11.4. The van der Waals surface area contributed by atoms with Crippen LogP contribution in [0.1, 0.15) is 17.3 Å². The zero-order valence-electron chi connectivity index (χ0n) is 7.78. The highest BCUT2D eigenvalue weighted by atomic mass is 35.5. The molecule has 0 spiro atoms. The van der Waals surface area contributed by atoms with Gasteiger partial charge in [0.2, 0.25) is 5.88 Å². The molecule has 0 fully saturated rings. The molecule has 1 rings (SSSR count). The Kier molecular flexibility index (Phi) is 3.64. The Morgan fingerprint density at radius 3 is 2.86 bits per heavy atom. The molecule has 0 atom stereocenters. The molecule has 1 heterocycles. The minimum absolute atomic E-state index is 0.0234. The summed E-state index contributed by atoms with van der Waals surface area (Å²) in [6.07, 6.45) is 1.21. The molecule has 0 aliphatic carbocycles. The van der Waals surface area contributed by atoms with Gasteiger partial charge in [-0.3, -0.25) is 0 Å². The highest BCUT2D eigenvalue weighted by Gasteiger charge is 2.19. The average Bonchev–Trinajstić information content (AvgIpc) is 2.17. The number of ether oxygens (including phenoxy) is 2. The third kappa shape index (κ3) is 2.11. The van der Waals surface area contributed by atoms with Gasteiger partial charge in [0.15, 0.2) is 10.7 Å². The number of halogens is 1. The predicted octanol–water partition coefficient (Wildman–Crippen LogP) is 1.32. The van der Waals surface area contributed by atoms with Crippen molar-refractivity contribution in [1.29, 1.82) is 0 Å². The van der Waals surface area contributed by atoms with E-state index in [4.69, 9.17) is 21.1 Å². The Balaban J connectivity index is 3.10. The lowest BCUT2D eigenvalue weighted by Crippen LogP contribution is -2.09. The van der Waals surface area contributed by atoms with E-state index in [9.17, 15) is 4.79 Å². The molecular formula is C8H9ClN2O3. The van der Waals surface area contributed by atoms with E-state index in [1.54, 1.807) is 6.92 Å². The summed E-state index contributed by atoms with van der Waals surface area (Å²) in [5, 5.41) is 0.0234. The van der Waals surface area contributed by atoms with Crippen LogP contribution in [0.25, 0.3) is 0 Å². The molecule has 14 heavy (non-hydrogen) atoms. The summed E-state index contributed by atoms with van der Waals surface area (Å²) in [6, 6.07) is 0. The summed E-state index contributed by atoms with van der Waals surface area (Å²) in [4.78, 5) is 18.8. The van der Waals surface area contributed by atoms with Crippen molar-refractivity contribution in [3.8, 4) is 5.88 Å². The van der Waals surface area contributed by atoms with Crippen molar-refractivity contribution < 1.29 is 14.3 Å². The third-order valence-electron chi connectivity index (χ3n) is 1.44. The summed E-state index contributed by atoms with van der Waals surface area (Å²) in [5.74, 6) is -0.474. The molecule has 76 valence electrons. The molecule has 1 aromatic heterocycles. The van der Waals surface area contributed by atoms with Crippen LogP contribution in [0.3, 0.4) is 0 Å². The molecule has 6 heteroatoms. The molecule has 5 nitrogen and oxygen atoms in total. The van der Waals surface area contributed by atoms with Crippen molar-refractivity contribution in [2.45, 2.75) is 6.92 Å². The van der Waals surface area contributed by atoms with Gasteiger partial charge in [-0.1, -0.05) is 11.6 Å². The van der Waals surface area contributed by atoms with Crippen LogP contribution in [0.2, 0.25) is 5.15 Å². The van der Waals surface area contributed by atoms with Crippen LogP contribution < -0.4 is 4.74 Å². The predicted molar refractivity (Wildman–Crippen MR) is 49.6 cm³/mol. The molecule has 0 amide bonds. The van der Waals surface area contributed by atoms with Crippen LogP contribution in [0.15, 0.2) is 6.33 Å². The van der Waals surface area contributed by atoms with Crippen molar-refractivity contribution in [3.63, 3.8) is 0 Å². The average molecular weight is 217 g/mol. The SMILES string of the molecule is CCOC(=O)c1c(Cl)ncnc1OC. The van der Waals surface area contributed by atoms with Crippen LogP contribution in [-0.4, -0.2) is 29.7 Å². The Morgan fingerprint density at radius 2 is 2.29 bits per heavy atom. The first-order valence-corrected chi connectivity index (χ1v) is 4.30. The molecule has 0 aromatic carbocycles. The van der Waals surface area contributed by atoms with Crippen molar-refractivity contribution in [3.05, 3.63) is 17.0 Å². The first-order valence-electron chi connectivity index (χ1n) is 3.92. The molecule has 0 saturated heterocycles. The number of hydrogen-bond donors (Lipinski definition) is 0. The normalized spacial score (nSPS) is 9.64. The van der Waals surface area contributed by atoms with Gasteiger partial charge in [-0.15, -0.1) is 0 Å². The number of aromatic nitrogens is 2. The summed E-state index contributed by atoms with van der Waals surface area (Å²) < 4.78 is 9.63. The standard InChI is InChI=1S/C8H9ClN2O3/c1-3-14-8(12)5-6(9)10-4-11-7(5)13-2/h4H,3H2,1-2H3. The quantitative estimate of drug-likeness (QED) is 0.563. The smallest absolute Gasteiger partial charge is 0.346 e. The van der Waals surface area contributed by atoms with E-state index in [0.29, 0.717) is 0 Å². The number of methoxy groups -OCH3 is 1. The number of carbonyl (C=O) groups excluding carboxylic acids is 1. The van der Waals surface area contributed by atoms with Crippen molar-refractivity contribution >= 4 is 17.6 Å². The van der Waals surface area contributed by atoms with Gasteiger partial charge < -0.3 is 9.47 Å². The fourth-order valence-corrected chi connectivity index (χ4v) is 1.08. The van der Waals surface area contributed by atoms with Crippen LogP contribution in [0, 0.1) is 0 Å². The van der Waals surface area contributed by atoms with Gasteiger partial charge in [-0.05, 0) is 6.92 Å². The monoisotopic (exact) mass is 216 g/mol. The number of rotatable bonds is 3. The number of esters is 1. The molecule has 0 aliphatic heterocycles. The van der Waals surface area contributed by atoms with Gasteiger partial charge in [0.05, 0.1) is 13.7 Å². The topological polar surface area (TPSA) is 61.3 Å². The highest BCUT2D eigenvalue weighted by molar-refractivity contribution is 6.32. The summed E-state index contributed by atoms with van der Waals surface area (Å²) in [7, 11) is 1.39. The van der Waals surface area contributed by atoms with E-state index in [1.807, 2.05) is 0 Å². The number of carbonyl (C=O) groups is 1. The summed E-state index contributed by atoms with van der Waals surface area (Å²) in [5.41, 5.74) is 0.0542. The highest BCUT2D eigenvalue weighted by Crippen LogP contribution is 2.22. The van der Waals surface area contributed by atoms with E-state index in [1.165, 1.54) is 13.4 Å². The lowest BCUT2D eigenvalue weighted by atomic mass is 10.3. The van der Waals surface area contributed by atoms with Crippen molar-refractivity contribution in [2.24, 2.45) is 0 Å². The van der Waals surface area contributed by atoms with E-state index in [0.717, 1.165) is 0 Å². The zero-order valence-corrected chi connectivity index (χ0v) is 8.54. The molecule has 0 aliphatic rings. The molecule has 0 saturated carbocycles. The summed E-state index contributed by atoms with van der Waals surface area (Å²) in [6.45, 7) is 1.95. The Morgan fingerprint density at radius 1 is 1.57 bits per heavy atom. The van der Waals surface area contributed by atoms with Gasteiger partial charge in [-0.25, -0.2) is 14.8 Å². The zero-order chi connectivity index (χ0) is 10.6. The van der Waals surface area contributed by atoms with Gasteiger partial charge >= 0.3 is 5.97 Å². The maximum atomic E-state index is 11.4. The molecular weight excluding hydrogens is 208 g/mol. The van der Waals surface area contributed by atoms with Crippen LogP contribution >= 0.6 is 11.6 Å². The Labute approximate surface area is 86.0 Å². The molecule has 0 radical (unpaired) electrons. The molecule has 0 N–H and O–H groups in total. The number of nitrogens with zero attached hydrogens (tertiary/aromatic N) is 2. The number of hydrogen-bond acceptors (Lipinski definition) is 5. The lowest BCUT2D eigenvalue weighted by molar-refractivity contribution is 0.0521. The Hall–Kier alpha value is -1.36. The van der Waals surface area contributed by atoms with E-state index >= 15 is 0 Å². The van der Waals surface area contributed by atoms with Crippen LogP contribution in [-0.2, 0) is 4.74 Å². The minimum atomic E-state index is -0.588. The van der Waals surface area contributed by atoms with Gasteiger partial charge in [0.1, 0.15) is 6.33 Å². The van der Waals surface area contributed by atoms with Gasteiger partial charge in [0.25, 0.3) is 0 Å². The molecule has 1 aromatic rings. The van der Waals surface area contributed by atoms with E-state index in [-0.39, 0.29) is 23.2 Å². The lowest BCUT2D eigenvalue weighted by Gasteiger charge is -2.06. The fourth-order valence-electron chi connectivity index (χ4n) is 0.879. The third-order valence-corrected chi connectivity index (χ3v) is 1.73. The summed E-state index contributed by atoms with van der Waals surface area (Å²) >= 11 is 5.71. The first-order chi connectivity index (χ1) is 6.70. The van der Waals surface area contributed by atoms with Gasteiger partial charge in [0, 0.05) is 0 Å². The minimum Gasteiger partial charge on any atom is -0.480 e. The van der Waals surface area contributed by atoms with Crippen molar-refractivity contribution in [2.75, 3.05) is 13.7 Å². The van der Waals surface area contributed by atoms with E-state index in [2.05, 4.69) is 9.97 Å². The van der Waals surface area contributed by atoms with Crippen LogP contribution in [0.5, 0.6) is 5.88 Å². The Bertz CT molecular complexity index is 343. The van der Waals surface area contributed by atoms with Crippen LogP contribution in [0.4, 0.5) is 0 Å². The fraction of sp³-hybridized carbons (Fsp3) is 0.375. The maximum Gasteiger partial charge on any atom is 0.346 e. The molecule has 0 unspecified atom stereocenters. The first kappa shape index (κ1) is 10.7. The van der Waals surface area contributed by atoms with Gasteiger partial charge in [-0.2, -0.15) is 0 Å².